The van der Waals surface area contributed by atoms with Gasteiger partial charge in [0.25, 0.3) is 5.91 Å². The van der Waals surface area contributed by atoms with Crippen molar-refractivity contribution in [3.05, 3.63) is 54.4 Å². The molecule has 2 aliphatic carbocycles. The van der Waals surface area contributed by atoms with E-state index in [0.29, 0.717) is 5.92 Å². The molecule has 0 unspecified atom stereocenters. The van der Waals surface area contributed by atoms with Crippen molar-refractivity contribution in [3.8, 4) is 5.69 Å². The summed E-state index contributed by atoms with van der Waals surface area (Å²) in [5.41, 5.74) is 1.82. The number of hydrogen-bond donors (Lipinski definition) is 1. The number of nitrogens with zero attached hydrogens (tertiary/aromatic N) is 1. The third-order valence-electron chi connectivity index (χ3n) is 5.83. The van der Waals surface area contributed by atoms with Crippen molar-refractivity contribution in [3.63, 3.8) is 0 Å². The summed E-state index contributed by atoms with van der Waals surface area (Å²) in [6.45, 7) is 2.18. The molecular weight excluding hydrogens is 284 g/mol. The van der Waals surface area contributed by atoms with Crippen molar-refractivity contribution in [2.75, 3.05) is 0 Å². The molecule has 3 heteroatoms. The Morgan fingerprint density at radius 1 is 1.13 bits per heavy atom. The molecular formula is C20H24N2O. The smallest absolute Gasteiger partial charge is 0.251 e. The first-order valence-corrected chi connectivity index (χ1v) is 8.75. The van der Waals surface area contributed by atoms with Gasteiger partial charge in [-0.15, -0.1) is 0 Å². The van der Waals surface area contributed by atoms with Gasteiger partial charge in [-0.1, -0.05) is 6.42 Å². The van der Waals surface area contributed by atoms with Crippen molar-refractivity contribution >= 4 is 5.91 Å². The first-order chi connectivity index (χ1) is 11.2. The Balaban J connectivity index is 1.41. The third-order valence-corrected chi connectivity index (χ3v) is 5.83. The van der Waals surface area contributed by atoms with E-state index in [1.54, 1.807) is 0 Å². The maximum absolute atomic E-state index is 12.5. The van der Waals surface area contributed by atoms with E-state index in [9.17, 15) is 4.79 Å². The molecule has 120 valence electrons. The Bertz CT molecular complexity index is 674. The summed E-state index contributed by atoms with van der Waals surface area (Å²) >= 11 is 0. The van der Waals surface area contributed by atoms with Crippen LogP contribution in [0.3, 0.4) is 0 Å². The Morgan fingerprint density at radius 2 is 1.87 bits per heavy atom. The fourth-order valence-corrected chi connectivity index (χ4v) is 4.60. The number of nitrogens with one attached hydrogen (secondary N) is 1. The molecule has 2 aliphatic rings. The molecule has 4 atom stereocenters. The van der Waals surface area contributed by atoms with Crippen LogP contribution < -0.4 is 5.32 Å². The number of rotatable bonds is 4. The summed E-state index contributed by atoms with van der Waals surface area (Å²) in [4.78, 5) is 12.5. The van der Waals surface area contributed by atoms with Gasteiger partial charge in [0.2, 0.25) is 0 Å². The minimum Gasteiger partial charge on any atom is -0.349 e. The van der Waals surface area contributed by atoms with Gasteiger partial charge in [0.1, 0.15) is 0 Å². The van der Waals surface area contributed by atoms with Crippen molar-refractivity contribution in [1.82, 2.24) is 9.88 Å². The van der Waals surface area contributed by atoms with Crippen molar-refractivity contribution in [2.45, 2.75) is 38.6 Å². The number of hydrogen-bond acceptors (Lipinski definition) is 1. The molecule has 0 saturated heterocycles. The number of carbonyl (C=O) groups excluding carboxylic acids is 1. The Labute approximate surface area is 137 Å². The van der Waals surface area contributed by atoms with Crippen LogP contribution in [0.15, 0.2) is 48.8 Å². The highest BCUT2D eigenvalue weighted by molar-refractivity contribution is 5.94. The molecule has 1 aromatic heterocycles. The van der Waals surface area contributed by atoms with Gasteiger partial charge in [-0.05, 0) is 80.3 Å². The molecule has 2 bridgehead atoms. The van der Waals surface area contributed by atoms with Gasteiger partial charge >= 0.3 is 0 Å². The van der Waals surface area contributed by atoms with Gasteiger partial charge in [0.15, 0.2) is 0 Å². The van der Waals surface area contributed by atoms with Crippen LogP contribution in [-0.2, 0) is 0 Å². The van der Waals surface area contributed by atoms with Gasteiger partial charge in [0, 0.05) is 29.7 Å². The molecule has 1 N–H and O–H groups in total. The van der Waals surface area contributed by atoms with Gasteiger partial charge in [-0.3, -0.25) is 4.79 Å². The molecule has 4 rings (SSSR count). The van der Waals surface area contributed by atoms with E-state index in [-0.39, 0.29) is 11.9 Å². The van der Waals surface area contributed by atoms with Crippen LogP contribution >= 0.6 is 0 Å². The summed E-state index contributed by atoms with van der Waals surface area (Å²) in [6, 6.07) is 12.1. The lowest BCUT2D eigenvalue weighted by Crippen LogP contribution is -2.40. The standard InChI is InChI=1S/C20H24N2O/c1-14(19-13-15-4-5-17(19)12-15)21-20(23)16-6-8-18(9-7-16)22-10-2-3-11-22/h2-3,6-11,14-15,17,19H,4-5,12-13H2,1H3,(H,21,23)/t14-,15+,17+,19+/m1/s1. The fraction of sp³-hybridized carbons (Fsp3) is 0.450. The van der Waals surface area contributed by atoms with E-state index in [1.165, 1.54) is 25.7 Å². The number of aromatic nitrogens is 1. The molecule has 0 spiro atoms. The predicted octanol–water partition coefficient (Wildman–Crippen LogP) is 4.03. The number of benzene rings is 1. The van der Waals surface area contributed by atoms with Gasteiger partial charge in [-0.2, -0.15) is 0 Å². The lowest BCUT2D eigenvalue weighted by molar-refractivity contribution is 0.0915. The zero-order chi connectivity index (χ0) is 15.8. The van der Waals surface area contributed by atoms with Crippen LogP contribution in [0.1, 0.15) is 43.0 Å². The van der Waals surface area contributed by atoms with E-state index in [1.807, 2.05) is 53.4 Å². The summed E-state index contributed by atoms with van der Waals surface area (Å²) in [5, 5.41) is 3.23. The fourth-order valence-electron chi connectivity index (χ4n) is 4.60. The number of amides is 1. The summed E-state index contributed by atoms with van der Waals surface area (Å²) < 4.78 is 2.04. The normalized spacial score (nSPS) is 27.1. The molecule has 1 amide bonds. The van der Waals surface area contributed by atoms with Crippen LogP contribution in [0.25, 0.3) is 5.69 Å². The Hall–Kier alpha value is -2.03. The van der Waals surface area contributed by atoms with Gasteiger partial charge in [0.05, 0.1) is 0 Å². The summed E-state index contributed by atoms with van der Waals surface area (Å²) in [5.74, 6) is 2.49. The zero-order valence-electron chi connectivity index (χ0n) is 13.6. The highest BCUT2D eigenvalue weighted by atomic mass is 16.1. The Kier molecular flexibility index (Phi) is 3.72. The molecule has 3 nitrogen and oxygen atoms in total. The predicted molar refractivity (Wildman–Crippen MR) is 91.6 cm³/mol. The zero-order valence-corrected chi connectivity index (χ0v) is 13.6. The quantitative estimate of drug-likeness (QED) is 0.909. The van der Waals surface area contributed by atoms with E-state index in [4.69, 9.17) is 0 Å². The van der Waals surface area contributed by atoms with Crippen molar-refractivity contribution in [2.24, 2.45) is 17.8 Å². The van der Waals surface area contributed by atoms with E-state index in [2.05, 4.69) is 12.2 Å². The second-order valence-corrected chi connectivity index (χ2v) is 7.24. The van der Waals surface area contributed by atoms with Crippen LogP contribution in [-0.4, -0.2) is 16.5 Å². The molecule has 23 heavy (non-hydrogen) atoms. The SMILES string of the molecule is C[C@@H](NC(=O)c1ccc(-n2cccc2)cc1)[C@@H]1C[C@H]2CC[C@H]1C2. The maximum Gasteiger partial charge on any atom is 0.251 e. The molecule has 1 aromatic carbocycles. The minimum atomic E-state index is 0.0549. The average molecular weight is 308 g/mol. The molecule has 2 aromatic rings. The second-order valence-electron chi connectivity index (χ2n) is 7.24. The topological polar surface area (TPSA) is 34.0 Å². The van der Waals surface area contributed by atoms with Crippen molar-refractivity contribution < 1.29 is 4.79 Å². The lowest BCUT2D eigenvalue weighted by Gasteiger charge is -2.28. The van der Waals surface area contributed by atoms with Crippen LogP contribution in [0.4, 0.5) is 0 Å². The maximum atomic E-state index is 12.5. The first-order valence-electron chi connectivity index (χ1n) is 8.75. The molecule has 2 saturated carbocycles. The number of carbonyl (C=O) groups is 1. The summed E-state index contributed by atoms with van der Waals surface area (Å²) in [7, 11) is 0. The lowest BCUT2D eigenvalue weighted by atomic mass is 9.84. The van der Waals surface area contributed by atoms with E-state index < -0.39 is 0 Å². The summed E-state index contributed by atoms with van der Waals surface area (Å²) in [6.07, 6.45) is 9.47. The van der Waals surface area contributed by atoms with Crippen LogP contribution in [0, 0.1) is 17.8 Å². The molecule has 0 aliphatic heterocycles. The molecule has 2 fully saturated rings. The van der Waals surface area contributed by atoms with Gasteiger partial charge < -0.3 is 9.88 Å². The highest BCUT2D eigenvalue weighted by Gasteiger charge is 2.42. The largest absolute Gasteiger partial charge is 0.349 e. The van der Waals surface area contributed by atoms with Crippen LogP contribution in [0.2, 0.25) is 0 Å². The molecule has 1 heterocycles. The molecule has 0 radical (unpaired) electrons. The monoisotopic (exact) mass is 308 g/mol. The van der Waals surface area contributed by atoms with Gasteiger partial charge in [-0.25, -0.2) is 0 Å². The van der Waals surface area contributed by atoms with E-state index in [0.717, 1.165) is 23.1 Å². The first kappa shape index (κ1) is 14.6. The van der Waals surface area contributed by atoms with Crippen molar-refractivity contribution in [1.29, 1.82) is 0 Å². The van der Waals surface area contributed by atoms with Crippen LogP contribution in [0.5, 0.6) is 0 Å². The third kappa shape index (κ3) is 2.80. The number of fused-ring (bicyclic) bond motifs is 2. The Morgan fingerprint density at radius 3 is 2.48 bits per heavy atom. The second kappa shape index (κ2) is 5.88. The average Bonchev–Trinajstić information content (AvgIpc) is 3.32. The minimum absolute atomic E-state index is 0.0549. The van der Waals surface area contributed by atoms with E-state index >= 15 is 0 Å². The highest BCUT2D eigenvalue weighted by Crippen LogP contribution is 2.49.